The van der Waals surface area contributed by atoms with Crippen LogP contribution in [0, 0.1) is 6.92 Å². The Morgan fingerprint density at radius 3 is 1.17 bits per heavy atom. The van der Waals surface area contributed by atoms with Crippen molar-refractivity contribution in [2.75, 3.05) is 9.80 Å². The molecule has 19 rings (SSSR count). The molecule has 3 aromatic heterocycles. The minimum Gasteiger partial charge on any atom is -0.311 e. The molecule has 5 heterocycles. The second-order valence-electron chi connectivity index (χ2n) is 29.3. The van der Waals surface area contributed by atoms with Crippen molar-refractivity contribution in [1.29, 1.82) is 0 Å². The normalized spacial score (nSPS) is 12.9. The van der Waals surface area contributed by atoms with E-state index in [4.69, 9.17) is 0 Å². The van der Waals surface area contributed by atoms with Crippen LogP contribution in [0.4, 0.5) is 34.1 Å². The quantitative estimate of drug-likeness (QED) is 0.141. The third-order valence-corrected chi connectivity index (χ3v) is 21.4. The number of nitrogens with zero attached hydrogens (tertiary/aromatic N) is 5. The highest BCUT2D eigenvalue weighted by atomic mass is 15.2. The molecule has 0 N–H and O–H groups in total. The van der Waals surface area contributed by atoms with Gasteiger partial charge in [-0.15, -0.1) is 0 Å². The zero-order valence-corrected chi connectivity index (χ0v) is 56.8. The van der Waals surface area contributed by atoms with Crippen LogP contribution >= 0.6 is 0 Å². The van der Waals surface area contributed by atoms with E-state index in [1.807, 2.05) is 0 Å². The second kappa shape index (κ2) is 22.1. The molecule has 0 spiro atoms. The molecule has 5 nitrogen and oxygen atoms in total. The van der Waals surface area contributed by atoms with E-state index >= 15 is 0 Å². The first-order valence-corrected chi connectivity index (χ1v) is 34.9. The van der Waals surface area contributed by atoms with Crippen molar-refractivity contribution in [3.63, 3.8) is 0 Å². The van der Waals surface area contributed by atoms with Crippen molar-refractivity contribution in [3.8, 4) is 50.4 Å². The summed E-state index contributed by atoms with van der Waals surface area (Å²) in [5.74, 6) is 0. The van der Waals surface area contributed by atoms with E-state index in [1.165, 1.54) is 93.0 Å². The monoisotopic (exact) mass is 1270 g/mol. The largest absolute Gasteiger partial charge is 0.311 e. The average molecular weight is 1270 g/mol. The average Bonchev–Trinajstić information content (AvgIpc) is 1.35. The number of aromatic nitrogens is 3. The molecule has 0 saturated heterocycles. The van der Waals surface area contributed by atoms with E-state index in [2.05, 4.69) is 381 Å². The predicted molar refractivity (Wildman–Crippen MR) is 422 cm³/mol. The second-order valence-corrected chi connectivity index (χ2v) is 29.3. The summed E-state index contributed by atoms with van der Waals surface area (Å²) in [5, 5.41) is 7.43. The molecule has 0 radical (unpaired) electrons. The zero-order valence-electron chi connectivity index (χ0n) is 56.8. The van der Waals surface area contributed by atoms with Crippen molar-refractivity contribution in [3.05, 3.63) is 326 Å². The first-order valence-electron chi connectivity index (χ1n) is 34.9. The van der Waals surface area contributed by atoms with Crippen LogP contribution in [0.1, 0.15) is 58.2 Å². The summed E-state index contributed by atoms with van der Waals surface area (Å²) in [4.78, 5) is 5.21. The van der Waals surface area contributed by atoms with Gasteiger partial charge in [0, 0.05) is 77.4 Å². The highest BCUT2D eigenvalue weighted by Gasteiger charge is 2.44. The lowest BCUT2D eigenvalue weighted by Gasteiger charge is -2.45. The molecule has 99 heavy (non-hydrogen) atoms. The SMILES string of the molecule is Cc1cc(-c2ccc3c(c2)N(c2ccccc2-c2ccccc2)c2cccc4c2B3c2ccc(-n3c5ccc(C(C)(C)C)cc5c5cc(C(C)(C)C)ccc53)cc2N4c2ccccc2-c2ccccc2)c(-n2c3ccccc3c3ccccc32)c(-n2c3ccccc3c3ccccc32)c1. The molecule has 0 amide bonds. The van der Waals surface area contributed by atoms with E-state index in [0.29, 0.717) is 0 Å². The van der Waals surface area contributed by atoms with Crippen LogP contribution in [0.3, 0.4) is 0 Å². The summed E-state index contributed by atoms with van der Waals surface area (Å²) in [5.41, 5.74) is 31.6. The molecule has 2 aliphatic rings. The molecule has 0 unspecified atom stereocenters. The molecule has 472 valence electrons. The smallest absolute Gasteiger partial charge is 0.252 e. The third kappa shape index (κ3) is 9.01. The van der Waals surface area contributed by atoms with Crippen LogP contribution in [0.5, 0.6) is 0 Å². The van der Waals surface area contributed by atoms with Gasteiger partial charge in [-0.1, -0.05) is 248 Å². The Hall–Kier alpha value is -11.9. The molecule has 0 atom stereocenters. The van der Waals surface area contributed by atoms with E-state index in [9.17, 15) is 0 Å². The van der Waals surface area contributed by atoms with E-state index < -0.39 is 0 Å². The van der Waals surface area contributed by atoms with Crippen molar-refractivity contribution in [2.45, 2.75) is 59.3 Å². The first kappa shape index (κ1) is 58.5. The molecule has 2 aliphatic heterocycles. The van der Waals surface area contributed by atoms with Crippen LogP contribution in [0.2, 0.25) is 0 Å². The predicted octanol–water partition coefficient (Wildman–Crippen LogP) is 23.0. The van der Waals surface area contributed by atoms with Crippen LogP contribution in [0.15, 0.2) is 309 Å². The summed E-state index contributed by atoms with van der Waals surface area (Å²) in [6.07, 6.45) is 0. The minimum absolute atomic E-state index is 0.0314. The molecule has 17 aromatic rings. The van der Waals surface area contributed by atoms with E-state index in [1.54, 1.807) is 0 Å². The fourth-order valence-corrected chi connectivity index (χ4v) is 16.8. The van der Waals surface area contributed by atoms with Crippen molar-refractivity contribution in [2.24, 2.45) is 0 Å². The van der Waals surface area contributed by atoms with Crippen molar-refractivity contribution < 1.29 is 0 Å². The lowest BCUT2D eigenvalue weighted by Crippen LogP contribution is -2.61. The molecular formula is C93H72BN5. The number of rotatable bonds is 8. The number of hydrogen-bond acceptors (Lipinski definition) is 2. The van der Waals surface area contributed by atoms with Gasteiger partial charge < -0.3 is 23.5 Å². The van der Waals surface area contributed by atoms with Crippen LogP contribution in [0.25, 0.3) is 116 Å². The number of para-hydroxylation sites is 6. The maximum absolute atomic E-state index is 2.61. The van der Waals surface area contributed by atoms with E-state index in [0.717, 1.165) is 90.0 Å². The Kier molecular flexibility index (Phi) is 13.1. The lowest BCUT2D eigenvalue weighted by molar-refractivity contribution is 0.590. The Bertz CT molecular complexity index is 5990. The molecular weight excluding hydrogens is 1200 g/mol. The number of benzene rings is 14. The maximum atomic E-state index is 2.61. The zero-order chi connectivity index (χ0) is 66.6. The van der Waals surface area contributed by atoms with Crippen LogP contribution in [-0.4, -0.2) is 20.4 Å². The Labute approximate surface area is 578 Å². The Morgan fingerprint density at radius 1 is 0.263 bits per heavy atom. The number of aryl methyl sites for hydroxylation is 1. The van der Waals surface area contributed by atoms with Gasteiger partial charge in [-0.05, 0) is 171 Å². The van der Waals surface area contributed by atoms with Gasteiger partial charge in [-0.3, -0.25) is 0 Å². The Morgan fingerprint density at radius 2 is 0.677 bits per heavy atom. The summed E-state index contributed by atoms with van der Waals surface area (Å²) in [6, 6.07) is 117. The fraction of sp³-hybridized carbons (Fsp3) is 0.0968. The molecule has 0 saturated carbocycles. The van der Waals surface area contributed by atoms with Crippen molar-refractivity contribution >= 4 is 123 Å². The topological polar surface area (TPSA) is 21.3 Å². The molecule has 0 bridgehead atoms. The van der Waals surface area contributed by atoms with Crippen LogP contribution in [-0.2, 0) is 10.8 Å². The van der Waals surface area contributed by atoms with Gasteiger partial charge in [-0.2, -0.15) is 0 Å². The fourth-order valence-electron chi connectivity index (χ4n) is 16.8. The number of fused-ring (bicyclic) bond motifs is 13. The summed E-state index contributed by atoms with van der Waals surface area (Å²) >= 11 is 0. The summed E-state index contributed by atoms with van der Waals surface area (Å²) < 4.78 is 7.62. The van der Waals surface area contributed by atoms with E-state index in [-0.39, 0.29) is 17.5 Å². The van der Waals surface area contributed by atoms with Gasteiger partial charge in [0.2, 0.25) is 0 Å². The lowest BCUT2D eigenvalue weighted by atomic mass is 9.33. The van der Waals surface area contributed by atoms with Gasteiger partial charge in [0.15, 0.2) is 0 Å². The van der Waals surface area contributed by atoms with Gasteiger partial charge in [-0.25, -0.2) is 0 Å². The molecule has 14 aromatic carbocycles. The van der Waals surface area contributed by atoms with Gasteiger partial charge >= 0.3 is 0 Å². The maximum Gasteiger partial charge on any atom is 0.252 e. The van der Waals surface area contributed by atoms with Gasteiger partial charge in [0.05, 0.1) is 55.8 Å². The standard InChI is InChI=1S/C93H72BN5/c1-59-53-72(91(99-81-41-24-18-35-70(81)71-36-19-25-42-82(71)99)89(54-59)96-79-39-22-16-33-68(79)69-34-17-23-40-80(69)96)62-45-49-75-87(55-62)97(77-37-20-14-31-66(77)60-27-10-8-11-28-60)85-43-26-44-86-90(85)94(75)76-50-48-65(58-88(76)98(86)78-38-21-15-32-67(78)61-29-12-9-13-30-61)95-83-51-46-63(92(2,3)4)56-73(83)74-57-64(93(5,6)7)47-52-84(74)95/h8-58H,1-7H3. The van der Waals surface area contributed by atoms with Gasteiger partial charge in [0.1, 0.15) is 0 Å². The summed E-state index contributed by atoms with van der Waals surface area (Å²) in [7, 11) is 0. The molecule has 6 heteroatoms. The first-order chi connectivity index (χ1) is 48.3. The van der Waals surface area contributed by atoms with Crippen LogP contribution < -0.4 is 26.2 Å². The highest BCUT2D eigenvalue weighted by Crippen LogP contribution is 2.51. The molecule has 0 fully saturated rings. The van der Waals surface area contributed by atoms with Crippen molar-refractivity contribution in [1.82, 2.24) is 13.7 Å². The Balaban J connectivity index is 0.913. The highest BCUT2D eigenvalue weighted by molar-refractivity contribution is 7.00. The third-order valence-electron chi connectivity index (χ3n) is 21.4. The summed E-state index contributed by atoms with van der Waals surface area (Å²) in [6.45, 7) is 16.0. The molecule has 0 aliphatic carbocycles. The minimum atomic E-state index is -0.172. The number of anilines is 6. The number of hydrogen-bond donors (Lipinski definition) is 0. The van der Waals surface area contributed by atoms with Gasteiger partial charge in [0.25, 0.3) is 6.71 Å².